The fraction of sp³-hybridized carbons (Fsp3) is 0.688. The van der Waals surface area contributed by atoms with Crippen LogP contribution in [0.25, 0.3) is 0 Å². The lowest BCUT2D eigenvalue weighted by Crippen LogP contribution is -2.43. The van der Waals surface area contributed by atoms with Crippen molar-refractivity contribution < 1.29 is 4.79 Å². The molecule has 0 aliphatic carbocycles. The van der Waals surface area contributed by atoms with Gasteiger partial charge < -0.3 is 14.8 Å². The van der Waals surface area contributed by atoms with Gasteiger partial charge in [0, 0.05) is 31.9 Å². The van der Waals surface area contributed by atoms with Crippen LogP contribution in [0.1, 0.15) is 43.1 Å². The van der Waals surface area contributed by atoms with Crippen molar-refractivity contribution in [3.8, 4) is 0 Å². The Hall–Kier alpha value is -1.00. The Bertz CT molecular complexity index is 500. The van der Waals surface area contributed by atoms with Gasteiger partial charge in [0.25, 0.3) is 5.91 Å². The van der Waals surface area contributed by atoms with Gasteiger partial charge in [-0.25, -0.2) is 0 Å². The summed E-state index contributed by atoms with van der Waals surface area (Å²) in [5.74, 6) is 0.861. The van der Waals surface area contributed by atoms with E-state index in [1.54, 1.807) is 6.07 Å². The van der Waals surface area contributed by atoms with E-state index >= 15 is 0 Å². The summed E-state index contributed by atoms with van der Waals surface area (Å²) in [6.45, 7) is 5.70. The number of likely N-dealkylation sites (tertiary alicyclic amines) is 1. The third kappa shape index (κ3) is 3.11. The minimum atomic E-state index is 0.126. The van der Waals surface area contributed by atoms with E-state index in [-0.39, 0.29) is 5.91 Å². The number of carbonyl (C=O) groups is 1. The first-order valence-corrected chi connectivity index (χ1v) is 8.45. The molecule has 2 fully saturated rings. The number of hydrogen-bond donors (Lipinski definition) is 1. The fourth-order valence-electron chi connectivity index (χ4n) is 3.70. The summed E-state index contributed by atoms with van der Waals surface area (Å²) < 4.78 is 1.94. The van der Waals surface area contributed by atoms with Crippen LogP contribution in [0.5, 0.6) is 0 Å². The van der Waals surface area contributed by atoms with E-state index in [9.17, 15) is 4.79 Å². The summed E-state index contributed by atoms with van der Waals surface area (Å²) in [7, 11) is 0. The summed E-state index contributed by atoms with van der Waals surface area (Å²) in [5, 5.41) is 4.24. The summed E-state index contributed by atoms with van der Waals surface area (Å²) >= 11 is 6.04. The van der Waals surface area contributed by atoms with E-state index < -0.39 is 0 Å². The van der Waals surface area contributed by atoms with Crippen LogP contribution in [-0.2, 0) is 6.54 Å². The lowest BCUT2D eigenvalue weighted by atomic mass is 9.88. The normalized spacial score (nSPS) is 23.7. The third-order valence-corrected chi connectivity index (χ3v) is 5.12. The van der Waals surface area contributed by atoms with E-state index in [4.69, 9.17) is 11.6 Å². The van der Waals surface area contributed by atoms with Gasteiger partial charge in [0.2, 0.25) is 0 Å². The smallest absolute Gasteiger partial charge is 0.270 e. The van der Waals surface area contributed by atoms with Crippen molar-refractivity contribution in [3.63, 3.8) is 0 Å². The van der Waals surface area contributed by atoms with Gasteiger partial charge in [-0.2, -0.15) is 0 Å². The average Bonchev–Trinajstić information content (AvgIpc) is 3.16. The van der Waals surface area contributed by atoms with Gasteiger partial charge >= 0.3 is 0 Å². The van der Waals surface area contributed by atoms with E-state index in [1.807, 2.05) is 22.6 Å². The first kappa shape index (κ1) is 14.9. The monoisotopic (exact) mass is 309 g/mol. The van der Waals surface area contributed by atoms with Gasteiger partial charge in [-0.3, -0.25) is 4.79 Å². The number of halogens is 1. The standard InChI is InChI=1S/C16H24ClN3O/c1-2-19-11-13(17)10-15(19)16(21)20-8-5-12(6-9-20)14-4-3-7-18-14/h10-12,14,18H,2-9H2,1H3. The summed E-state index contributed by atoms with van der Waals surface area (Å²) in [4.78, 5) is 14.6. The van der Waals surface area contributed by atoms with Crippen molar-refractivity contribution in [3.05, 3.63) is 23.0 Å². The van der Waals surface area contributed by atoms with Gasteiger partial charge in [0.15, 0.2) is 0 Å². The van der Waals surface area contributed by atoms with Crippen molar-refractivity contribution in [1.82, 2.24) is 14.8 Å². The molecule has 5 heteroatoms. The predicted molar refractivity (Wildman–Crippen MR) is 84.8 cm³/mol. The summed E-state index contributed by atoms with van der Waals surface area (Å²) in [6, 6.07) is 2.47. The van der Waals surface area contributed by atoms with Crippen molar-refractivity contribution in [2.45, 2.75) is 45.2 Å². The number of aryl methyl sites for hydroxylation is 1. The highest BCUT2D eigenvalue weighted by atomic mass is 35.5. The quantitative estimate of drug-likeness (QED) is 0.932. The molecule has 0 radical (unpaired) electrons. The largest absolute Gasteiger partial charge is 0.342 e. The maximum atomic E-state index is 12.7. The zero-order chi connectivity index (χ0) is 14.8. The minimum Gasteiger partial charge on any atom is -0.342 e. The maximum absolute atomic E-state index is 12.7. The van der Waals surface area contributed by atoms with Crippen LogP contribution in [0.4, 0.5) is 0 Å². The summed E-state index contributed by atoms with van der Waals surface area (Å²) in [6.07, 6.45) is 6.66. The molecule has 2 saturated heterocycles. The Kier molecular flexibility index (Phi) is 4.55. The van der Waals surface area contributed by atoms with E-state index in [2.05, 4.69) is 5.32 Å². The Morgan fingerprint density at radius 3 is 2.76 bits per heavy atom. The Morgan fingerprint density at radius 1 is 1.38 bits per heavy atom. The van der Waals surface area contributed by atoms with Gasteiger partial charge in [-0.15, -0.1) is 0 Å². The third-order valence-electron chi connectivity index (χ3n) is 4.92. The molecule has 1 aromatic heterocycles. The molecular formula is C16H24ClN3O. The summed E-state index contributed by atoms with van der Waals surface area (Å²) in [5.41, 5.74) is 0.722. The fourth-order valence-corrected chi connectivity index (χ4v) is 3.92. The second-order valence-corrected chi connectivity index (χ2v) is 6.60. The van der Waals surface area contributed by atoms with Crippen LogP contribution < -0.4 is 5.32 Å². The number of hydrogen-bond acceptors (Lipinski definition) is 2. The molecule has 4 nitrogen and oxygen atoms in total. The molecule has 21 heavy (non-hydrogen) atoms. The molecule has 0 aromatic carbocycles. The van der Waals surface area contributed by atoms with Gasteiger partial charge in [0.05, 0.1) is 5.02 Å². The maximum Gasteiger partial charge on any atom is 0.270 e. The highest BCUT2D eigenvalue weighted by molar-refractivity contribution is 6.31. The van der Waals surface area contributed by atoms with Crippen LogP contribution in [-0.4, -0.2) is 41.1 Å². The molecule has 0 spiro atoms. The Morgan fingerprint density at radius 2 is 2.14 bits per heavy atom. The molecule has 0 saturated carbocycles. The first-order chi connectivity index (χ1) is 10.2. The van der Waals surface area contributed by atoms with Crippen molar-refractivity contribution in [1.29, 1.82) is 0 Å². The first-order valence-electron chi connectivity index (χ1n) is 8.07. The molecule has 1 N–H and O–H groups in total. The Balaban J connectivity index is 1.62. The van der Waals surface area contributed by atoms with E-state index in [1.165, 1.54) is 12.8 Å². The molecule has 0 bridgehead atoms. The van der Waals surface area contributed by atoms with Gasteiger partial charge in [-0.1, -0.05) is 11.6 Å². The van der Waals surface area contributed by atoms with Crippen molar-refractivity contribution >= 4 is 17.5 Å². The number of nitrogens with zero attached hydrogens (tertiary/aromatic N) is 2. The van der Waals surface area contributed by atoms with Crippen molar-refractivity contribution in [2.24, 2.45) is 5.92 Å². The number of piperidine rings is 1. The molecule has 1 aromatic rings. The lowest BCUT2D eigenvalue weighted by molar-refractivity contribution is 0.0663. The zero-order valence-corrected chi connectivity index (χ0v) is 13.4. The van der Waals surface area contributed by atoms with Gasteiger partial charge in [0.1, 0.15) is 5.69 Å². The average molecular weight is 310 g/mol. The second-order valence-electron chi connectivity index (χ2n) is 6.16. The van der Waals surface area contributed by atoms with Crippen LogP contribution in [0.3, 0.4) is 0 Å². The highest BCUT2D eigenvalue weighted by Crippen LogP contribution is 2.27. The minimum absolute atomic E-state index is 0.126. The molecule has 3 rings (SSSR count). The number of rotatable bonds is 3. The highest BCUT2D eigenvalue weighted by Gasteiger charge is 2.30. The lowest BCUT2D eigenvalue weighted by Gasteiger charge is -2.35. The molecule has 2 aliphatic heterocycles. The van der Waals surface area contributed by atoms with Crippen LogP contribution in [0, 0.1) is 5.92 Å². The molecule has 3 heterocycles. The van der Waals surface area contributed by atoms with E-state index in [0.717, 1.165) is 50.6 Å². The number of nitrogens with one attached hydrogen (secondary N) is 1. The number of carbonyl (C=O) groups excluding carboxylic acids is 1. The number of aromatic nitrogens is 1. The molecule has 1 atom stereocenters. The zero-order valence-electron chi connectivity index (χ0n) is 12.6. The van der Waals surface area contributed by atoms with Gasteiger partial charge in [-0.05, 0) is 51.1 Å². The second kappa shape index (κ2) is 6.41. The molecule has 116 valence electrons. The van der Waals surface area contributed by atoms with Crippen LogP contribution in [0.15, 0.2) is 12.3 Å². The van der Waals surface area contributed by atoms with Crippen LogP contribution >= 0.6 is 11.6 Å². The SMILES string of the molecule is CCn1cc(Cl)cc1C(=O)N1CCC(C2CCCN2)CC1. The number of amides is 1. The van der Waals surface area contributed by atoms with Crippen molar-refractivity contribution in [2.75, 3.05) is 19.6 Å². The Labute approximate surface area is 131 Å². The topological polar surface area (TPSA) is 37.3 Å². The van der Waals surface area contributed by atoms with E-state index in [0.29, 0.717) is 11.1 Å². The predicted octanol–water partition coefficient (Wildman–Crippen LogP) is 2.77. The molecule has 1 amide bonds. The van der Waals surface area contributed by atoms with Crippen LogP contribution in [0.2, 0.25) is 5.02 Å². The molecular weight excluding hydrogens is 286 g/mol. The molecule has 1 unspecified atom stereocenters. The molecule has 2 aliphatic rings.